The summed E-state index contributed by atoms with van der Waals surface area (Å²) in [5.74, 6) is -0.327. The zero-order valence-corrected chi connectivity index (χ0v) is 8.29. The number of pyridine rings is 1. The Hall–Kier alpha value is -1.58. The SMILES string of the molecule is CCOC(=O)Cc1cc(=O)c(C)c[nH]1. The molecule has 1 heterocycles. The van der Waals surface area contributed by atoms with Crippen molar-refractivity contribution in [2.75, 3.05) is 6.61 Å². The van der Waals surface area contributed by atoms with Crippen molar-refractivity contribution in [3.63, 3.8) is 0 Å². The number of H-pyrrole nitrogens is 1. The Balaban J connectivity index is 2.73. The lowest BCUT2D eigenvalue weighted by molar-refractivity contribution is -0.142. The molecule has 14 heavy (non-hydrogen) atoms. The van der Waals surface area contributed by atoms with Crippen LogP contribution < -0.4 is 5.43 Å². The zero-order valence-electron chi connectivity index (χ0n) is 8.29. The summed E-state index contributed by atoms with van der Waals surface area (Å²) in [4.78, 5) is 25.1. The summed E-state index contributed by atoms with van der Waals surface area (Å²) >= 11 is 0. The van der Waals surface area contributed by atoms with Crippen LogP contribution in [0.4, 0.5) is 0 Å². The minimum absolute atomic E-state index is 0.0666. The maximum Gasteiger partial charge on any atom is 0.311 e. The summed E-state index contributed by atoms with van der Waals surface area (Å²) in [7, 11) is 0. The van der Waals surface area contributed by atoms with E-state index < -0.39 is 0 Å². The first-order valence-corrected chi connectivity index (χ1v) is 4.47. The van der Waals surface area contributed by atoms with Gasteiger partial charge in [-0.1, -0.05) is 0 Å². The number of aromatic nitrogens is 1. The lowest BCUT2D eigenvalue weighted by atomic mass is 10.2. The van der Waals surface area contributed by atoms with E-state index in [1.165, 1.54) is 6.07 Å². The minimum atomic E-state index is -0.327. The third-order valence-corrected chi connectivity index (χ3v) is 1.81. The zero-order chi connectivity index (χ0) is 10.6. The maximum absolute atomic E-state index is 11.2. The molecule has 0 aliphatic carbocycles. The number of hydrogen-bond acceptors (Lipinski definition) is 3. The van der Waals surface area contributed by atoms with E-state index in [1.807, 2.05) is 0 Å². The van der Waals surface area contributed by atoms with E-state index in [0.717, 1.165) is 0 Å². The van der Waals surface area contributed by atoms with Gasteiger partial charge in [0.15, 0.2) is 5.43 Å². The van der Waals surface area contributed by atoms with Crippen molar-refractivity contribution >= 4 is 5.97 Å². The first-order chi connectivity index (χ1) is 6.63. The Kier molecular flexibility index (Phi) is 3.45. The molecule has 0 aliphatic rings. The first kappa shape index (κ1) is 10.5. The molecule has 0 saturated heterocycles. The average Bonchev–Trinajstić information content (AvgIpc) is 2.12. The van der Waals surface area contributed by atoms with Gasteiger partial charge < -0.3 is 9.72 Å². The molecule has 0 fully saturated rings. The second-order valence-corrected chi connectivity index (χ2v) is 2.99. The van der Waals surface area contributed by atoms with Crippen LogP contribution in [0.15, 0.2) is 17.1 Å². The van der Waals surface area contributed by atoms with Crippen LogP contribution in [-0.4, -0.2) is 17.6 Å². The topological polar surface area (TPSA) is 59.2 Å². The van der Waals surface area contributed by atoms with Crippen LogP contribution in [-0.2, 0) is 16.0 Å². The van der Waals surface area contributed by atoms with Crippen LogP contribution in [0.3, 0.4) is 0 Å². The van der Waals surface area contributed by atoms with Gasteiger partial charge in [0.05, 0.1) is 13.0 Å². The molecular weight excluding hydrogens is 182 g/mol. The van der Waals surface area contributed by atoms with Gasteiger partial charge in [-0.15, -0.1) is 0 Å². The van der Waals surface area contributed by atoms with Crippen LogP contribution in [0.1, 0.15) is 18.2 Å². The normalized spacial score (nSPS) is 9.86. The molecule has 0 saturated carbocycles. The summed E-state index contributed by atoms with van der Waals surface area (Å²) in [5.41, 5.74) is 1.15. The van der Waals surface area contributed by atoms with Gasteiger partial charge in [0.2, 0.25) is 0 Å². The van der Waals surface area contributed by atoms with E-state index in [9.17, 15) is 9.59 Å². The molecule has 0 aromatic carbocycles. The Morgan fingerprint density at radius 3 is 2.86 bits per heavy atom. The molecule has 0 radical (unpaired) electrons. The van der Waals surface area contributed by atoms with E-state index >= 15 is 0 Å². The number of hydrogen-bond donors (Lipinski definition) is 1. The molecular formula is C10H13NO3. The number of aryl methyl sites for hydroxylation is 1. The van der Waals surface area contributed by atoms with Crippen molar-refractivity contribution in [2.45, 2.75) is 20.3 Å². The highest BCUT2D eigenvalue weighted by atomic mass is 16.5. The molecule has 76 valence electrons. The fraction of sp³-hybridized carbons (Fsp3) is 0.400. The Morgan fingerprint density at radius 2 is 2.29 bits per heavy atom. The predicted molar refractivity (Wildman–Crippen MR) is 52.1 cm³/mol. The van der Waals surface area contributed by atoms with Crippen molar-refractivity contribution in [2.24, 2.45) is 0 Å². The summed E-state index contributed by atoms with van der Waals surface area (Å²) in [6.45, 7) is 3.82. The summed E-state index contributed by atoms with van der Waals surface area (Å²) in [6, 6.07) is 1.42. The van der Waals surface area contributed by atoms with Gasteiger partial charge in [0.25, 0.3) is 0 Å². The number of ether oxygens (including phenoxy) is 1. The van der Waals surface area contributed by atoms with Crippen molar-refractivity contribution in [3.05, 3.63) is 33.7 Å². The Labute approximate surface area is 81.9 Å². The van der Waals surface area contributed by atoms with Crippen molar-refractivity contribution in [1.82, 2.24) is 4.98 Å². The van der Waals surface area contributed by atoms with Gasteiger partial charge in [0.1, 0.15) is 0 Å². The highest BCUT2D eigenvalue weighted by molar-refractivity contribution is 5.71. The fourth-order valence-corrected chi connectivity index (χ4v) is 1.06. The Bertz CT molecular complexity index is 381. The van der Waals surface area contributed by atoms with Crippen LogP contribution in [0.2, 0.25) is 0 Å². The number of nitrogens with one attached hydrogen (secondary N) is 1. The molecule has 4 nitrogen and oxygen atoms in total. The maximum atomic E-state index is 11.2. The van der Waals surface area contributed by atoms with Crippen LogP contribution in [0.5, 0.6) is 0 Å². The standard InChI is InChI=1S/C10H13NO3/c1-3-14-10(13)5-8-4-9(12)7(2)6-11-8/h4,6H,3,5H2,1-2H3,(H,11,12). The molecule has 4 heteroatoms. The van der Waals surface area contributed by atoms with Gasteiger partial charge in [-0.05, 0) is 13.8 Å². The van der Waals surface area contributed by atoms with E-state index in [1.54, 1.807) is 20.0 Å². The largest absolute Gasteiger partial charge is 0.466 e. The van der Waals surface area contributed by atoms with Crippen molar-refractivity contribution in [3.8, 4) is 0 Å². The van der Waals surface area contributed by atoms with Gasteiger partial charge in [-0.3, -0.25) is 9.59 Å². The van der Waals surface area contributed by atoms with Crippen molar-refractivity contribution in [1.29, 1.82) is 0 Å². The van der Waals surface area contributed by atoms with Gasteiger partial charge in [0, 0.05) is 23.5 Å². The first-order valence-electron chi connectivity index (χ1n) is 4.47. The fourth-order valence-electron chi connectivity index (χ4n) is 1.06. The molecule has 0 aliphatic heterocycles. The van der Waals surface area contributed by atoms with E-state index in [-0.39, 0.29) is 17.8 Å². The summed E-state index contributed by atoms with van der Waals surface area (Å²) in [6.07, 6.45) is 1.71. The molecule has 0 bridgehead atoms. The number of carbonyl (C=O) groups excluding carboxylic acids is 1. The molecule has 1 rings (SSSR count). The summed E-state index contributed by atoms with van der Waals surface area (Å²) in [5, 5.41) is 0. The molecule has 1 aromatic rings. The predicted octanol–water partition coefficient (Wildman–Crippen LogP) is 0.789. The lowest BCUT2D eigenvalue weighted by Crippen LogP contribution is -2.12. The highest BCUT2D eigenvalue weighted by Crippen LogP contribution is 1.95. The van der Waals surface area contributed by atoms with Gasteiger partial charge in [-0.25, -0.2) is 0 Å². The van der Waals surface area contributed by atoms with E-state index in [4.69, 9.17) is 4.74 Å². The van der Waals surface area contributed by atoms with Crippen LogP contribution in [0.25, 0.3) is 0 Å². The lowest BCUT2D eigenvalue weighted by Gasteiger charge is -2.01. The number of rotatable bonds is 3. The molecule has 1 N–H and O–H groups in total. The molecule has 0 atom stereocenters. The quantitative estimate of drug-likeness (QED) is 0.725. The van der Waals surface area contributed by atoms with Crippen molar-refractivity contribution < 1.29 is 9.53 Å². The third kappa shape index (κ3) is 2.73. The monoisotopic (exact) mass is 195 g/mol. The second-order valence-electron chi connectivity index (χ2n) is 2.99. The summed E-state index contributed by atoms with van der Waals surface area (Å²) < 4.78 is 4.75. The average molecular weight is 195 g/mol. The number of aromatic amines is 1. The number of esters is 1. The molecule has 0 spiro atoms. The van der Waals surface area contributed by atoms with E-state index in [2.05, 4.69) is 4.98 Å². The highest BCUT2D eigenvalue weighted by Gasteiger charge is 2.04. The van der Waals surface area contributed by atoms with Crippen LogP contribution in [0, 0.1) is 6.92 Å². The smallest absolute Gasteiger partial charge is 0.311 e. The molecule has 1 aromatic heterocycles. The Morgan fingerprint density at radius 1 is 1.57 bits per heavy atom. The van der Waals surface area contributed by atoms with Gasteiger partial charge in [-0.2, -0.15) is 0 Å². The van der Waals surface area contributed by atoms with E-state index in [0.29, 0.717) is 17.9 Å². The second kappa shape index (κ2) is 4.60. The third-order valence-electron chi connectivity index (χ3n) is 1.81. The van der Waals surface area contributed by atoms with Crippen LogP contribution >= 0.6 is 0 Å². The number of carbonyl (C=O) groups is 1. The molecule has 0 unspecified atom stereocenters. The minimum Gasteiger partial charge on any atom is -0.466 e. The van der Waals surface area contributed by atoms with Gasteiger partial charge >= 0.3 is 5.97 Å². The molecule has 0 amide bonds.